The van der Waals surface area contributed by atoms with Gasteiger partial charge in [-0.1, -0.05) is 17.7 Å². The summed E-state index contributed by atoms with van der Waals surface area (Å²) >= 11 is 0. The Hall–Kier alpha value is -3.10. The number of hydrogen-bond donors (Lipinski definition) is 2. The number of esters is 1. The van der Waals surface area contributed by atoms with Gasteiger partial charge in [-0.15, -0.1) is 0 Å². The fourth-order valence-electron chi connectivity index (χ4n) is 2.44. The van der Waals surface area contributed by atoms with Crippen molar-refractivity contribution in [2.24, 2.45) is 0 Å². The van der Waals surface area contributed by atoms with Gasteiger partial charge in [0.1, 0.15) is 0 Å². The van der Waals surface area contributed by atoms with Crippen molar-refractivity contribution in [3.63, 3.8) is 0 Å². The molecule has 0 bridgehead atoms. The number of aromatic nitrogens is 1. The first kappa shape index (κ1) is 21.2. The predicted octanol–water partition coefficient (Wildman–Crippen LogP) is 2.78. The molecule has 0 fully saturated rings. The molecule has 0 saturated carbocycles. The van der Waals surface area contributed by atoms with Gasteiger partial charge in [-0.25, -0.2) is 15.1 Å². The summed E-state index contributed by atoms with van der Waals surface area (Å²) in [5.41, 5.74) is -2.05. The molecule has 9 heteroatoms. The molecule has 1 amide bonds. The van der Waals surface area contributed by atoms with E-state index in [1.54, 1.807) is 31.3 Å². The fraction of sp³-hybridized carbons (Fsp3) is 0.316. The number of alkyl halides is 3. The van der Waals surface area contributed by atoms with Gasteiger partial charge < -0.3 is 4.74 Å². The number of carbonyl (C=O) groups excluding carboxylic acids is 2. The van der Waals surface area contributed by atoms with E-state index in [0.29, 0.717) is 5.56 Å². The van der Waals surface area contributed by atoms with Gasteiger partial charge in [-0.3, -0.25) is 10.1 Å². The Balaban J connectivity index is 2.50. The first-order valence-corrected chi connectivity index (χ1v) is 8.48. The van der Waals surface area contributed by atoms with Crippen molar-refractivity contribution >= 4 is 17.7 Å². The third-order valence-electron chi connectivity index (χ3n) is 3.88. The van der Waals surface area contributed by atoms with Crippen LogP contribution < -0.4 is 15.6 Å². The van der Waals surface area contributed by atoms with Gasteiger partial charge in [0, 0.05) is 11.6 Å². The zero-order chi connectivity index (χ0) is 20.9. The van der Waals surface area contributed by atoms with Crippen LogP contribution >= 0.6 is 0 Å². The van der Waals surface area contributed by atoms with Crippen LogP contribution in [0.15, 0.2) is 42.6 Å². The first-order valence-electron chi connectivity index (χ1n) is 8.48. The molecular formula is C19H21F3N3O3+. The normalized spacial score (nSPS) is 13.4. The van der Waals surface area contributed by atoms with Gasteiger partial charge in [-0.05, 0) is 44.5 Å². The lowest BCUT2D eigenvalue weighted by atomic mass is 10.1. The van der Waals surface area contributed by atoms with Crippen LogP contribution in [0.4, 0.5) is 19.0 Å². The van der Waals surface area contributed by atoms with E-state index in [9.17, 15) is 22.8 Å². The number of H-pyrrole nitrogens is 1. The maximum atomic E-state index is 14.1. The molecule has 0 radical (unpaired) electrons. The number of aryl methyl sites for hydroxylation is 2. The minimum Gasteiger partial charge on any atom is -0.461 e. The minimum absolute atomic E-state index is 0.0207. The molecule has 1 aromatic carbocycles. The molecule has 1 aromatic heterocycles. The van der Waals surface area contributed by atoms with E-state index < -0.39 is 23.7 Å². The zero-order valence-corrected chi connectivity index (χ0v) is 15.6. The molecule has 3 N–H and O–H groups in total. The number of halogens is 3. The Labute approximate surface area is 160 Å². The van der Waals surface area contributed by atoms with E-state index in [2.05, 4.69) is 15.0 Å². The number of nitrogens with one attached hydrogen (secondary N) is 3. The molecule has 2 rings (SSSR count). The van der Waals surface area contributed by atoms with Crippen LogP contribution in [-0.4, -0.2) is 30.3 Å². The molecule has 150 valence electrons. The number of benzene rings is 1. The topological polar surface area (TPSA) is 81.6 Å². The molecule has 0 spiro atoms. The predicted molar refractivity (Wildman–Crippen MR) is 95.4 cm³/mol. The highest BCUT2D eigenvalue weighted by Crippen LogP contribution is 2.32. The van der Waals surface area contributed by atoms with Crippen molar-refractivity contribution in [1.29, 1.82) is 0 Å². The summed E-state index contributed by atoms with van der Waals surface area (Å²) in [5, 5.41) is 3.86. The van der Waals surface area contributed by atoms with Gasteiger partial charge in [0.05, 0.1) is 12.8 Å². The Bertz CT molecular complexity index is 853. The van der Waals surface area contributed by atoms with Crippen LogP contribution in [0.2, 0.25) is 0 Å². The maximum absolute atomic E-state index is 14.1. The largest absolute Gasteiger partial charge is 0.464 e. The molecular weight excluding hydrogens is 375 g/mol. The minimum atomic E-state index is -5.20. The van der Waals surface area contributed by atoms with E-state index in [1.807, 2.05) is 0 Å². The Morgan fingerprint density at radius 1 is 1.11 bits per heavy atom. The maximum Gasteiger partial charge on any atom is 0.464 e. The summed E-state index contributed by atoms with van der Waals surface area (Å²) in [5.74, 6) is -2.87. The van der Waals surface area contributed by atoms with Gasteiger partial charge in [0.15, 0.2) is 0 Å². The van der Waals surface area contributed by atoms with E-state index in [-0.39, 0.29) is 18.0 Å². The van der Waals surface area contributed by atoms with E-state index >= 15 is 0 Å². The van der Waals surface area contributed by atoms with Crippen molar-refractivity contribution in [2.75, 3.05) is 11.9 Å². The zero-order valence-electron chi connectivity index (χ0n) is 15.6. The lowest BCUT2D eigenvalue weighted by Crippen LogP contribution is -2.69. The summed E-state index contributed by atoms with van der Waals surface area (Å²) in [6.45, 7) is 4.51. The molecule has 1 heterocycles. The summed E-state index contributed by atoms with van der Waals surface area (Å²) in [7, 11) is 0. The lowest BCUT2D eigenvalue weighted by Gasteiger charge is -2.30. The van der Waals surface area contributed by atoms with Gasteiger partial charge in [-0.2, -0.15) is 13.2 Å². The van der Waals surface area contributed by atoms with Gasteiger partial charge in [0.25, 0.3) is 11.7 Å². The third-order valence-corrected chi connectivity index (χ3v) is 3.88. The van der Waals surface area contributed by atoms with Gasteiger partial charge >= 0.3 is 17.8 Å². The molecule has 0 aliphatic carbocycles. The van der Waals surface area contributed by atoms with E-state index in [1.165, 1.54) is 37.4 Å². The van der Waals surface area contributed by atoms with Gasteiger partial charge in [0.2, 0.25) is 0 Å². The van der Waals surface area contributed by atoms with Crippen molar-refractivity contribution in [2.45, 2.75) is 32.6 Å². The molecule has 1 atom stereocenters. The summed E-state index contributed by atoms with van der Waals surface area (Å²) < 4.78 is 46.9. The number of hydrogen-bond acceptors (Lipinski definition) is 4. The quantitative estimate of drug-likeness (QED) is 0.581. The highest BCUT2D eigenvalue weighted by Gasteiger charge is 2.67. The Kier molecular flexibility index (Phi) is 6.27. The van der Waals surface area contributed by atoms with Crippen LogP contribution in [0.5, 0.6) is 0 Å². The smallest absolute Gasteiger partial charge is 0.461 e. The third kappa shape index (κ3) is 4.59. The molecule has 6 nitrogen and oxygen atoms in total. The van der Waals surface area contributed by atoms with Crippen LogP contribution in [-0.2, 0) is 9.53 Å². The second-order valence-corrected chi connectivity index (χ2v) is 6.20. The van der Waals surface area contributed by atoms with Crippen LogP contribution in [0.3, 0.4) is 0 Å². The highest BCUT2D eigenvalue weighted by molar-refractivity contribution is 5.99. The SMILES string of the molecule is CCOC(=O)[C@](NC(=O)c1cccc(C)c1)(Nc1ccc(C)c[nH+]1)C(F)(F)F. The summed E-state index contributed by atoms with van der Waals surface area (Å²) in [6, 6.07) is 8.87. The van der Waals surface area contributed by atoms with Crippen molar-refractivity contribution in [3.05, 3.63) is 59.3 Å². The number of rotatable bonds is 6. The molecule has 0 aliphatic rings. The molecule has 0 unspecified atom stereocenters. The first-order chi connectivity index (χ1) is 13.1. The summed E-state index contributed by atoms with van der Waals surface area (Å²) in [4.78, 5) is 27.5. The van der Waals surface area contributed by atoms with Crippen LogP contribution in [0.1, 0.15) is 28.4 Å². The second-order valence-electron chi connectivity index (χ2n) is 6.20. The average Bonchev–Trinajstić information content (AvgIpc) is 2.62. The highest BCUT2D eigenvalue weighted by atomic mass is 19.4. The Morgan fingerprint density at radius 2 is 1.82 bits per heavy atom. The summed E-state index contributed by atoms with van der Waals surface area (Å²) in [6.07, 6.45) is -3.74. The molecule has 28 heavy (non-hydrogen) atoms. The molecule has 0 saturated heterocycles. The van der Waals surface area contributed by atoms with Crippen molar-refractivity contribution < 1.29 is 32.5 Å². The van der Waals surface area contributed by atoms with Crippen LogP contribution in [0, 0.1) is 13.8 Å². The second kappa shape index (κ2) is 8.28. The number of aromatic amines is 1. The Morgan fingerprint density at radius 3 is 2.36 bits per heavy atom. The number of carbonyl (C=O) groups is 2. The average molecular weight is 396 g/mol. The van der Waals surface area contributed by atoms with E-state index in [0.717, 1.165) is 5.56 Å². The standard InChI is InChI=1S/C19H20F3N3O3/c1-4-28-17(27)18(19(20,21)22,24-15-9-8-13(3)11-23-15)25-16(26)14-7-5-6-12(2)10-14/h5-11H,4H2,1-3H3,(H,23,24)(H,25,26)/p+1/t18-/m1/s1. The number of amides is 1. The number of anilines is 1. The number of pyridine rings is 1. The number of ether oxygens (including phenoxy) is 1. The van der Waals surface area contributed by atoms with Crippen molar-refractivity contribution in [3.8, 4) is 0 Å². The fourth-order valence-corrected chi connectivity index (χ4v) is 2.44. The molecule has 2 aromatic rings. The lowest BCUT2D eigenvalue weighted by molar-refractivity contribution is -0.363. The monoisotopic (exact) mass is 396 g/mol. The van der Waals surface area contributed by atoms with Crippen LogP contribution in [0.25, 0.3) is 0 Å². The van der Waals surface area contributed by atoms with Crippen molar-refractivity contribution in [1.82, 2.24) is 5.32 Å². The molecule has 0 aliphatic heterocycles. The van der Waals surface area contributed by atoms with E-state index in [4.69, 9.17) is 0 Å².